The molecule has 0 unspecified atom stereocenters. The third-order valence-electron chi connectivity index (χ3n) is 4.82. The minimum Gasteiger partial charge on any atom is -0.494 e. The molecule has 0 bridgehead atoms. The van der Waals surface area contributed by atoms with E-state index in [-0.39, 0.29) is 0 Å². The standard InChI is InChI=1S/C22H25N7O2/c1-29(2)10-11-31-19-13-20(30-3)18(12-15(19)23)26-22-24-9-8-17(25-22)21-14-6-4-5-7-16(14)27-28-21/h4-9,12-13H,10-11,23H2,1-3H3,(H,27,28)(H,24,25,26)/p+1. The minimum absolute atomic E-state index is 0.420. The molecule has 4 rings (SSSR count). The van der Waals surface area contributed by atoms with Crippen molar-refractivity contribution in [3.05, 3.63) is 59.9 Å². The maximum atomic E-state index is 6.20. The van der Waals surface area contributed by atoms with E-state index in [0.29, 0.717) is 35.4 Å². The number of benzene rings is 2. The van der Waals surface area contributed by atoms with Crippen molar-refractivity contribution < 1.29 is 14.9 Å². The summed E-state index contributed by atoms with van der Waals surface area (Å²) in [5.41, 5.74) is 12.9. The largest absolute Gasteiger partial charge is 0.494 e. The lowest BCUT2D eigenvalue weighted by atomic mass is 10.1. The molecule has 0 saturated carbocycles. The Kier molecular flexibility index (Phi) is 5.96. The van der Waals surface area contributed by atoms with E-state index in [9.17, 15) is 0 Å². The van der Waals surface area contributed by atoms with Gasteiger partial charge in [0.15, 0.2) is 11.4 Å². The van der Waals surface area contributed by atoms with Crippen molar-refractivity contribution in [1.29, 1.82) is 0 Å². The molecule has 5 N–H and O–H groups in total. The summed E-state index contributed by atoms with van der Waals surface area (Å²) in [6.07, 6.45) is 1.70. The second-order valence-corrected chi connectivity index (χ2v) is 7.33. The molecule has 2 aromatic carbocycles. The number of likely N-dealkylation sites (N-methyl/N-ethyl adjacent to an activating group) is 1. The van der Waals surface area contributed by atoms with Crippen molar-refractivity contribution in [3.63, 3.8) is 0 Å². The molecule has 0 atom stereocenters. The number of aromatic nitrogens is 2. The van der Waals surface area contributed by atoms with Crippen LogP contribution >= 0.6 is 0 Å². The van der Waals surface area contributed by atoms with E-state index < -0.39 is 0 Å². The lowest BCUT2D eigenvalue weighted by molar-refractivity contribution is -0.573. The maximum absolute atomic E-state index is 6.20. The van der Waals surface area contributed by atoms with E-state index in [4.69, 9.17) is 15.2 Å². The highest BCUT2D eigenvalue weighted by molar-refractivity contribution is 6.14. The highest BCUT2D eigenvalue weighted by Gasteiger charge is 2.23. The van der Waals surface area contributed by atoms with Gasteiger partial charge in [0.05, 0.1) is 24.0 Å². The fraction of sp³-hybridized carbons (Fsp3) is 0.227. The normalized spacial score (nSPS) is 12.5. The fourth-order valence-corrected chi connectivity index (χ4v) is 3.21. The number of hydrogen-bond donors (Lipinski definition) is 3. The lowest BCUT2D eigenvalue weighted by Gasteiger charge is -2.16. The first-order chi connectivity index (χ1) is 15.0. The molecule has 0 aliphatic carbocycles. The van der Waals surface area contributed by atoms with Crippen LogP contribution in [0.25, 0.3) is 0 Å². The van der Waals surface area contributed by atoms with Crippen LogP contribution < -0.4 is 25.9 Å². The zero-order valence-corrected chi connectivity index (χ0v) is 17.8. The van der Waals surface area contributed by atoms with Gasteiger partial charge in [0.1, 0.15) is 23.8 Å². The number of quaternary nitrogens is 1. The van der Waals surface area contributed by atoms with Crippen LogP contribution in [0.1, 0.15) is 11.3 Å². The zero-order valence-electron chi connectivity index (χ0n) is 17.8. The molecular formula is C22H26N7O2+. The Balaban J connectivity index is 1.56. The van der Waals surface area contributed by atoms with Gasteiger partial charge in [-0.1, -0.05) is 17.2 Å². The molecule has 1 aliphatic rings. The summed E-state index contributed by atoms with van der Waals surface area (Å²) in [5.74, 6) is 1.58. The van der Waals surface area contributed by atoms with Gasteiger partial charge in [-0.25, -0.2) is 9.97 Å². The predicted molar refractivity (Wildman–Crippen MR) is 120 cm³/mol. The van der Waals surface area contributed by atoms with Crippen LogP contribution in [0.5, 0.6) is 11.5 Å². The first-order valence-corrected chi connectivity index (χ1v) is 9.91. The SMILES string of the molecule is COc1cc(OCCN(C)C)c(N)cc1Nc1nccc(C2=N[NH2+]c3ccccc32)n1. The molecule has 160 valence electrons. The Bertz CT molecular complexity index is 1110. The number of fused-ring (bicyclic) bond motifs is 1. The Morgan fingerprint density at radius 2 is 1.97 bits per heavy atom. The zero-order chi connectivity index (χ0) is 21.8. The molecule has 9 nitrogen and oxygen atoms in total. The number of ether oxygens (including phenoxy) is 2. The molecule has 1 aliphatic heterocycles. The second-order valence-electron chi connectivity index (χ2n) is 7.33. The van der Waals surface area contributed by atoms with Crippen LogP contribution in [0.3, 0.4) is 0 Å². The Morgan fingerprint density at radius 1 is 1.13 bits per heavy atom. The number of nitrogen functional groups attached to an aromatic ring is 1. The van der Waals surface area contributed by atoms with Crippen LogP contribution in [-0.4, -0.2) is 54.9 Å². The van der Waals surface area contributed by atoms with Gasteiger partial charge in [0, 0.05) is 24.9 Å². The minimum atomic E-state index is 0.420. The Hall–Kier alpha value is -3.69. The van der Waals surface area contributed by atoms with Crippen molar-refractivity contribution in [3.8, 4) is 11.5 Å². The molecule has 2 heterocycles. The first kappa shape index (κ1) is 20.6. The van der Waals surface area contributed by atoms with Gasteiger partial charge in [-0.3, -0.25) is 0 Å². The lowest BCUT2D eigenvalue weighted by Crippen LogP contribution is -2.69. The molecular weight excluding hydrogens is 394 g/mol. The van der Waals surface area contributed by atoms with Crippen LogP contribution in [0.4, 0.5) is 23.0 Å². The molecule has 0 fully saturated rings. The monoisotopic (exact) mass is 420 g/mol. The molecule has 1 aromatic heterocycles. The smallest absolute Gasteiger partial charge is 0.227 e. The number of methoxy groups -OCH3 is 1. The highest BCUT2D eigenvalue weighted by Crippen LogP contribution is 2.36. The summed E-state index contributed by atoms with van der Waals surface area (Å²) >= 11 is 0. The topological polar surface area (TPSA) is 114 Å². The van der Waals surface area contributed by atoms with Gasteiger partial charge in [0.2, 0.25) is 5.95 Å². The number of nitrogens with zero attached hydrogens (tertiary/aromatic N) is 4. The Labute approximate surface area is 180 Å². The second kappa shape index (κ2) is 8.99. The predicted octanol–water partition coefficient (Wildman–Crippen LogP) is 1.71. The number of rotatable bonds is 8. The third-order valence-corrected chi connectivity index (χ3v) is 4.82. The fourth-order valence-electron chi connectivity index (χ4n) is 3.21. The van der Waals surface area contributed by atoms with Crippen LogP contribution in [0.15, 0.2) is 53.8 Å². The van der Waals surface area contributed by atoms with Gasteiger partial charge in [-0.05, 0) is 32.3 Å². The third kappa shape index (κ3) is 4.57. The van der Waals surface area contributed by atoms with E-state index in [0.717, 1.165) is 29.2 Å². The van der Waals surface area contributed by atoms with Gasteiger partial charge in [-0.2, -0.15) is 5.43 Å². The van der Waals surface area contributed by atoms with Crippen molar-refractivity contribution in [1.82, 2.24) is 14.9 Å². The van der Waals surface area contributed by atoms with Crippen LogP contribution in [0.2, 0.25) is 0 Å². The number of nitrogens with two attached hydrogens (primary N) is 2. The Morgan fingerprint density at radius 3 is 2.77 bits per heavy atom. The molecule has 0 radical (unpaired) electrons. The first-order valence-electron chi connectivity index (χ1n) is 9.91. The maximum Gasteiger partial charge on any atom is 0.227 e. The summed E-state index contributed by atoms with van der Waals surface area (Å²) in [4.78, 5) is 11.0. The summed E-state index contributed by atoms with van der Waals surface area (Å²) < 4.78 is 11.3. The van der Waals surface area contributed by atoms with E-state index in [1.54, 1.807) is 25.4 Å². The van der Waals surface area contributed by atoms with E-state index in [2.05, 4.69) is 20.4 Å². The summed E-state index contributed by atoms with van der Waals surface area (Å²) in [7, 11) is 5.57. The molecule has 0 saturated heterocycles. The summed E-state index contributed by atoms with van der Waals surface area (Å²) in [5, 5.41) is 7.73. The molecule has 3 aromatic rings. The number of hydrogen-bond acceptors (Lipinski definition) is 8. The quantitative estimate of drug-likeness (QED) is 0.375. The number of nitrogens with one attached hydrogen (secondary N) is 1. The molecule has 9 heteroatoms. The van der Waals surface area contributed by atoms with Gasteiger partial charge in [-0.15, -0.1) is 0 Å². The average molecular weight is 420 g/mol. The highest BCUT2D eigenvalue weighted by atomic mass is 16.5. The van der Waals surface area contributed by atoms with Crippen molar-refractivity contribution in [2.75, 3.05) is 45.4 Å². The van der Waals surface area contributed by atoms with Crippen molar-refractivity contribution >= 4 is 28.7 Å². The number of anilines is 3. The molecule has 31 heavy (non-hydrogen) atoms. The summed E-state index contributed by atoms with van der Waals surface area (Å²) in [6.45, 7) is 1.31. The van der Waals surface area contributed by atoms with Crippen molar-refractivity contribution in [2.45, 2.75) is 0 Å². The summed E-state index contributed by atoms with van der Waals surface area (Å²) in [6, 6.07) is 13.4. The van der Waals surface area contributed by atoms with E-state index in [1.165, 1.54) is 0 Å². The van der Waals surface area contributed by atoms with E-state index in [1.807, 2.05) is 54.8 Å². The van der Waals surface area contributed by atoms with Gasteiger partial charge < -0.3 is 25.4 Å². The van der Waals surface area contributed by atoms with Gasteiger partial charge >= 0.3 is 0 Å². The van der Waals surface area contributed by atoms with E-state index >= 15 is 0 Å². The van der Waals surface area contributed by atoms with Gasteiger partial charge in [0.25, 0.3) is 0 Å². The van der Waals surface area contributed by atoms with Crippen LogP contribution in [0, 0.1) is 0 Å². The molecule has 0 amide bonds. The molecule has 0 spiro atoms. The van der Waals surface area contributed by atoms with Crippen LogP contribution in [-0.2, 0) is 0 Å². The average Bonchev–Trinajstić information content (AvgIpc) is 3.19. The van der Waals surface area contributed by atoms with Crippen molar-refractivity contribution in [2.24, 2.45) is 5.10 Å².